The van der Waals surface area contributed by atoms with Crippen LogP contribution >= 0.6 is 11.6 Å². The number of carbonyl (C=O) groups excluding carboxylic acids is 2. The molecule has 0 atom stereocenters. The van der Waals surface area contributed by atoms with Crippen LogP contribution in [0.3, 0.4) is 0 Å². The summed E-state index contributed by atoms with van der Waals surface area (Å²) in [5.74, 6) is -1.47. The van der Waals surface area contributed by atoms with Crippen molar-refractivity contribution in [1.29, 1.82) is 0 Å². The largest absolute Gasteiger partial charge is 0.504 e. The number of aromatic hydroxyl groups is 1. The number of hydrogen-bond acceptors (Lipinski definition) is 6. The standard InChI is InChI=1S/C19H16ClF2NO6/c1-27-16-8-11(2-5-14(16)24)3-7-18(26)28-10-17(25)23-12-4-6-15(13(20)9-12)29-19(21)22/h2-9,19,24H,10H2,1H3,(H,23,25)/b7-3+. The third kappa shape index (κ3) is 6.96. The number of anilines is 1. The van der Waals surface area contributed by atoms with E-state index in [0.717, 1.165) is 6.08 Å². The molecule has 0 saturated heterocycles. The van der Waals surface area contributed by atoms with Crippen LogP contribution in [0.4, 0.5) is 14.5 Å². The lowest BCUT2D eigenvalue weighted by Gasteiger charge is -2.09. The second-order valence-electron chi connectivity index (χ2n) is 5.44. The molecule has 2 N–H and O–H groups in total. The normalized spacial score (nSPS) is 10.8. The van der Waals surface area contributed by atoms with Crippen molar-refractivity contribution in [3.8, 4) is 17.2 Å². The first-order chi connectivity index (χ1) is 13.8. The van der Waals surface area contributed by atoms with Gasteiger partial charge in [0.25, 0.3) is 5.91 Å². The van der Waals surface area contributed by atoms with Crippen LogP contribution in [0.15, 0.2) is 42.5 Å². The lowest BCUT2D eigenvalue weighted by atomic mass is 10.2. The maximum Gasteiger partial charge on any atom is 0.387 e. The highest BCUT2D eigenvalue weighted by Crippen LogP contribution is 2.29. The number of ether oxygens (including phenoxy) is 3. The number of alkyl halides is 2. The maximum absolute atomic E-state index is 12.2. The minimum Gasteiger partial charge on any atom is -0.504 e. The van der Waals surface area contributed by atoms with E-state index in [1.165, 1.54) is 43.5 Å². The van der Waals surface area contributed by atoms with Crippen molar-refractivity contribution in [2.75, 3.05) is 19.0 Å². The molecule has 10 heteroatoms. The number of amides is 1. The van der Waals surface area contributed by atoms with Gasteiger partial charge in [0.05, 0.1) is 12.1 Å². The summed E-state index contributed by atoms with van der Waals surface area (Å²) in [5.41, 5.74) is 0.784. The molecule has 0 fully saturated rings. The molecule has 7 nitrogen and oxygen atoms in total. The second kappa shape index (κ2) is 10.3. The minimum absolute atomic E-state index is 0.0437. The van der Waals surface area contributed by atoms with Crippen LogP contribution in [-0.2, 0) is 14.3 Å². The van der Waals surface area contributed by atoms with Gasteiger partial charge in [-0.05, 0) is 42.0 Å². The predicted molar refractivity (Wildman–Crippen MR) is 101 cm³/mol. The van der Waals surface area contributed by atoms with Crippen LogP contribution < -0.4 is 14.8 Å². The molecule has 0 aliphatic heterocycles. The van der Waals surface area contributed by atoms with Gasteiger partial charge in [-0.15, -0.1) is 0 Å². The van der Waals surface area contributed by atoms with Gasteiger partial charge in [0, 0.05) is 11.8 Å². The van der Waals surface area contributed by atoms with Crippen LogP contribution in [0, 0.1) is 0 Å². The molecule has 0 aliphatic rings. The summed E-state index contributed by atoms with van der Waals surface area (Å²) in [6.45, 7) is -3.60. The maximum atomic E-state index is 12.2. The summed E-state index contributed by atoms with van der Waals surface area (Å²) in [7, 11) is 1.39. The number of phenols is 1. The van der Waals surface area contributed by atoms with Gasteiger partial charge in [-0.25, -0.2) is 4.79 Å². The van der Waals surface area contributed by atoms with Crippen molar-refractivity contribution in [3.63, 3.8) is 0 Å². The van der Waals surface area contributed by atoms with Crippen molar-refractivity contribution in [2.24, 2.45) is 0 Å². The molecule has 2 aromatic carbocycles. The summed E-state index contributed by atoms with van der Waals surface area (Å²) in [6, 6.07) is 8.17. The van der Waals surface area contributed by atoms with E-state index in [0.29, 0.717) is 5.56 Å². The molecule has 2 rings (SSSR count). The average Bonchev–Trinajstić information content (AvgIpc) is 2.67. The Morgan fingerprint density at radius 1 is 1.21 bits per heavy atom. The molecule has 0 aliphatic carbocycles. The molecule has 1 amide bonds. The third-order valence-electron chi connectivity index (χ3n) is 3.39. The van der Waals surface area contributed by atoms with Gasteiger partial charge in [0.2, 0.25) is 0 Å². The molecule has 154 valence electrons. The summed E-state index contributed by atoms with van der Waals surface area (Å²) < 4.78 is 38.3. The fraction of sp³-hybridized carbons (Fsp3) is 0.158. The molecular formula is C19H16ClF2NO6. The highest BCUT2D eigenvalue weighted by molar-refractivity contribution is 6.32. The van der Waals surface area contributed by atoms with Crippen molar-refractivity contribution >= 4 is 35.2 Å². The Hall–Kier alpha value is -3.33. The van der Waals surface area contributed by atoms with Crippen molar-refractivity contribution in [3.05, 3.63) is 53.1 Å². The van der Waals surface area contributed by atoms with Crippen LogP contribution in [0.5, 0.6) is 17.2 Å². The molecule has 2 aromatic rings. The predicted octanol–water partition coefficient (Wildman–Crippen LogP) is 3.85. The number of halogens is 3. The van der Waals surface area contributed by atoms with Gasteiger partial charge in [-0.2, -0.15) is 8.78 Å². The van der Waals surface area contributed by atoms with Crippen molar-refractivity contribution in [1.82, 2.24) is 0 Å². The minimum atomic E-state index is -3.02. The Kier molecular flexibility index (Phi) is 7.79. The zero-order valence-electron chi connectivity index (χ0n) is 15.0. The van der Waals surface area contributed by atoms with Crippen LogP contribution in [-0.4, -0.2) is 37.3 Å². The number of esters is 1. The van der Waals surface area contributed by atoms with Crippen LogP contribution in [0.25, 0.3) is 6.08 Å². The molecule has 0 heterocycles. The highest BCUT2D eigenvalue weighted by atomic mass is 35.5. The molecule has 0 bridgehead atoms. The first-order valence-electron chi connectivity index (χ1n) is 8.04. The number of hydrogen-bond donors (Lipinski definition) is 2. The van der Waals surface area contributed by atoms with E-state index in [9.17, 15) is 23.5 Å². The van der Waals surface area contributed by atoms with E-state index in [4.69, 9.17) is 21.1 Å². The van der Waals surface area contributed by atoms with Gasteiger partial charge in [0.1, 0.15) is 5.75 Å². The molecule has 0 spiro atoms. The Morgan fingerprint density at radius 2 is 1.97 bits per heavy atom. The van der Waals surface area contributed by atoms with Gasteiger partial charge >= 0.3 is 12.6 Å². The Balaban J connectivity index is 1.85. The van der Waals surface area contributed by atoms with E-state index in [1.54, 1.807) is 6.07 Å². The van der Waals surface area contributed by atoms with Gasteiger partial charge in [-0.3, -0.25) is 4.79 Å². The lowest BCUT2D eigenvalue weighted by Crippen LogP contribution is -2.20. The van der Waals surface area contributed by atoms with Gasteiger partial charge in [-0.1, -0.05) is 17.7 Å². The van der Waals surface area contributed by atoms with E-state index in [-0.39, 0.29) is 28.0 Å². The zero-order valence-corrected chi connectivity index (χ0v) is 15.8. The highest BCUT2D eigenvalue weighted by Gasteiger charge is 2.11. The van der Waals surface area contributed by atoms with E-state index in [2.05, 4.69) is 10.1 Å². The number of phenolic OH excluding ortho intramolecular Hbond substituents is 1. The van der Waals surface area contributed by atoms with Gasteiger partial charge < -0.3 is 24.6 Å². The summed E-state index contributed by atoms with van der Waals surface area (Å²) in [4.78, 5) is 23.6. The molecule has 29 heavy (non-hydrogen) atoms. The molecule has 0 saturated carbocycles. The second-order valence-corrected chi connectivity index (χ2v) is 5.85. The van der Waals surface area contributed by atoms with E-state index in [1.807, 2.05) is 0 Å². The molecule has 0 unspecified atom stereocenters. The number of carbonyl (C=O) groups is 2. The Morgan fingerprint density at radius 3 is 2.62 bits per heavy atom. The smallest absolute Gasteiger partial charge is 0.387 e. The fourth-order valence-corrected chi connectivity index (χ4v) is 2.34. The molecular weight excluding hydrogens is 412 g/mol. The zero-order chi connectivity index (χ0) is 21.4. The first kappa shape index (κ1) is 22.0. The number of benzene rings is 2. The summed E-state index contributed by atoms with van der Waals surface area (Å²) in [6.07, 6.45) is 2.52. The van der Waals surface area contributed by atoms with Crippen molar-refractivity contribution in [2.45, 2.75) is 6.61 Å². The molecule has 0 aromatic heterocycles. The van der Waals surface area contributed by atoms with Gasteiger partial charge in [0.15, 0.2) is 18.1 Å². The Bertz CT molecular complexity index is 920. The third-order valence-corrected chi connectivity index (χ3v) is 3.69. The van der Waals surface area contributed by atoms with Crippen molar-refractivity contribution < 1.29 is 37.7 Å². The summed E-state index contributed by atoms with van der Waals surface area (Å²) in [5, 5.41) is 11.8. The fourth-order valence-electron chi connectivity index (χ4n) is 2.11. The number of methoxy groups -OCH3 is 1. The van der Waals surface area contributed by atoms with E-state index < -0.39 is 25.1 Å². The number of rotatable bonds is 8. The van der Waals surface area contributed by atoms with Crippen LogP contribution in [0.2, 0.25) is 5.02 Å². The SMILES string of the molecule is COc1cc(/C=C/C(=O)OCC(=O)Nc2ccc(OC(F)F)c(Cl)c2)ccc1O. The topological polar surface area (TPSA) is 94.1 Å². The van der Waals surface area contributed by atoms with E-state index >= 15 is 0 Å². The van der Waals surface area contributed by atoms with Crippen LogP contribution in [0.1, 0.15) is 5.56 Å². The molecule has 0 radical (unpaired) electrons. The Labute approximate surface area is 169 Å². The first-order valence-corrected chi connectivity index (χ1v) is 8.42. The average molecular weight is 428 g/mol. The summed E-state index contributed by atoms with van der Waals surface area (Å²) >= 11 is 5.79. The lowest BCUT2D eigenvalue weighted by molar-refractivity contribution is -0.142. The quantitative estimate of drug-likeness (QED) is 0.491. The monoisotopic (exact) mass is 427 g/mol. The number of nitrogens with one attached hydrogen (secondary N) is 1.